The van der Waals surface area contributed by atoms with Gasteiger partial charge in [-0.3, -0.25) is 4.79 Å². The molecule has 4 heteroatoms. The number of ketones is 1. The van der Waals surface area contributed by atoms with Gasteiger partial charge in [-0.05, 0) is 67.0 Å². The van der Waals surface area contributed by atoms with Gasteiger partial charge in [0, 0.05) is 4.47 Å². The Hall–Kier alpha value is -1.81. The number of azo groups is 1. The van der Waals surface area contributed by atoms with Gasteiger partial charge in [0.1, 0.15) is 0 Å². The fourth-order valence-electron chi connectivity index (χ4n) is 1.73. The van der Waals surface area contributed by atoms with Crippen LogP contribution in [0.2, 0.25) is 0 Å². The third-order valence-electron chi connectivity index (χ3n) is 2.69. The first-order chi connectivity index (χ1) is 9.06. The molecule has 1 aromatic rings. The van der Waals surface area contributed by atoms with E-state index in [2.05, 4.69) is 26.2 Å². The SMILES string of the molecule is CC1=CC(=CN=Nc2ccc(Br)cc2)C=C(C)C1=O. The molecule has 0 N–H and O–H groups in total. The standard InChI is InChI=1S/C15H13BrN2O/c1-10-7-12(8-11(2)15(10)19)9-17-18-14-5-3-13(16)4-6-14/h3-9H,1-2H3. The second kappa shape index (κ2) is 5.89. The molecule has 0 amide bonds. The van der Waals surface area contributed by atoms with Crippen molar-refractivity contribution < 1.29 is 4.79 Å². The molecule has 0 saturated heterocycles. The van der Waals surface area contributed by atoms with Gasteiger partial charge in [-0.25, -0.2) is 0 Å². The van der Waals surface area contributed by atoms with Crippen molar-refractivity contribution in [3.63, 3.8) is 0 Å². The Balaban J connectivity index is 2.15. The van der Waals surface area contributed by atoms with E-state index in [1.165, 1.54) is 0 Å². The van der Waals surface area contributed by atoms with E-state index in [0.29, 0.717) is 0 Å². The van der Waals surface area contributed by atoms with Gasteiger partial charge in [-0.15, -0.1) is 0 Å². The summed E-state index contributed by atoms with van der Waals surface area (Å²) in [5.41, 5.74) is 3.12. The van der Waals surface area contributed by atoms with Gasteiger partial charge in [0.05, 0.1) is 11.9 Å². The van der Waals surface area contributed by atoms with E-state index in [-0.39, 0.29) is 5.78 Å². The summed E-state index contributed by atoms with van der Waals surface area (Å²) in [5.74, 6) is 0.0852. The number of halogens is 1. The van der Waals surface area contributed by atoms with Gasteiger partial charge in [-0.2, -0.15) is 10.2 Å². The fraction of sp³-hybridized carbons (Fsp3) is 0.133. The highest BCUT2D eigenvalue weighted by Gasteiger charge is 2.12. The van der Waals surface area contributed by atoms with Crippen LogP contribution in [0.4, 0.5) is 5.69 Å². The lowest BCUT2D eigenvalue weighted by Gasteiger charge is -2.07. The Morgan fingerprint density at radius 2 is 1.63 bits per heavy atom. The Morgan fingerprint density at radius 3 is 2.21 bits per heavy atom. The van der Waals surface area contributed by atoms with E-state index in [1.54, 1.807) is 20.0 Å². The molecule has 0 unspecified atom stereocenters. The molecule has 0 bridgehead atoms. The van der Waals surface area contributed by atoms with Crippen molar-refractivity contribution in [2.45, 2.75) is 13.8 Å². The summed E-state index contributed by atoms with van der Waals surface area (Å²) in [6.07, 6.45) is 5.29. The van der Waals surface area contributed by atoms with Gasteiger partial charge in [0.2, 0.25) is 0 Å². The molecule has 2 rings (SSSR count). The largest absolute Gasteiger partial charge is 0.289 e. The van der Waals surface area contributed by atoms with Crippen molar-refractivity contribution in [3.8, 4) is 0 Å². The summed E-state index contributed by atoms with van der Waals surface area (Å²) in [6, 6.07) is 7.57. The van der Waals surface area contributed by atoms with Crippen LogP contribution < -0.4 is 0 Å². The van der Waals surface area contributed by atoms with Gasteiger partial charge >= 0.3 is 0 Å². The number of hydrogen-bond acceptors (Lipinski definition) is 3. The molecule has 3 nitrogen and oxygen atoms in total. The maximum atomic E-state index is 11.6. The van der Waals surface area contributed by atoms with E-state index >= 15 is 0 Å². The first-order valence-electron chi connectivity index (χ1n) is 5.84. The van der Waals surface area contributed by atoms with Crippen molar-refractivity contribution in [2.75, 3.05) is 0 Å². The van der Waals surface area contributed by atoms with E-state index < -0.39 is 0 Å². The summed E-state index contributed by atoms with van der Waals surface area (Å²) in [5, 5.41) is 8.13. The molecule has 0 spiro atoms. The molecule has 0 heterocycles. The molecule has 0 radical (unpaired) electrons. The van der Waals surface area contributed by atoms with Crippen LogP contribution in [0, 0.1) is 0 Å². The number of rotatable bonds is 2. The van der Waals surface area contributed by atoms with Crippen LogP contribution in [0.1, 0.15) is 13.8 Å². The van der Waals surface area contributed by atoms with Crippen molar-refractivity contribution in [3.05, 3.63) is 63.8 Å². The van der Waals surface area contributed by atoms with Gasteiger partial charge < -0.3 is 0 Å². The number of benzene rings is 1. The number of nitrogens with zero attached hydrogens (tertiary/aromatic N) is 2. The quantitative estimate of drug-likeness (QED) is 0.716. The van der Waals surface area contributed by atoms with Crippen molar-refractivity contribution >= 4 is 27.4 Å². The Labute approximate surface area is 120 Å². The average Bonchev–Trinajstić information content (AvgIpc) is 2.38. The summed E-state index contributed by atoms with van der Waals surface area (Å²) in [7, 11) is 0. The predicted molar refractivity (Wildman–Crippen MR) is 79.3 cm³/mol. The molecule has 0 fully saturated rings. The topological polar surface area (TPSA) is 41.8 Å². The average molecular weight is 317 g/mol. The van der Waals surface area contributed by atoms with Crippen LogP contribution in [-0.4, -0.2) is 5.78 Å². The Bertz CT molecular complexity index is 598. The minimum absolute atomic E-state index is 0.0852. The van der Waals surface area contributed by atoms with Crippen LogP contribution in [0.15, 0.2) is 74.0 Å². The van der Waals surface area contributed by atoms with E-state index in [0.717, 1.165) is 26.9 Å². The van der Waals surface area contributed by atoms with Crippen LogP contribution in [0.25, 0.3) is 0 Å². The lowest BCUT2D eigenvalue weighted by atomic mass is 9.96. The smallest absolute Gasteiger partial charge is 0.184 e. The number of hydrogen-bond donors (Lipinski definition) is 0. The Kier molecular flexibility index (Phi) is 4.22. The second-order valence-electron chi connectivity index (χ2n) is 4.30. The van der Waals surface area contributed by atoms with Gasteiger partial charge in [0.15, 0.2) is 5.78 Å². The third kappa shape index (κ3) is 3.58. The second-order valence-corrected chi connectivity index (χ2v) is 5.22. The molecule has 1 aromatic carbocycles. The molecule has 1 aliphatic rings. The van der Waals surface area contributed by atoms with Crippen LogP contribution >= 0.6 is 15.9 Å². The molecule has 0 aliphatic heterocycles. The van der Waals surface area contributed by atoms with Gasteiger partial charge in [0.25, 0.3) is 0 Å². The van der Waals surface area contributed by atoms with Crippen molar-refractivity contribution in [2.24, 2.45) is 10.2 Å². The lowest BCUT2D eigenvalue weighted by Crippen LogP contribution is -2.05. The molecule has 1 aliphatic carbocycles. The number of allylic oxidation sites excluding steroid dienone is 5. The normalized spacial score (nSPS) is 15.5. The highest BCUT2D eigenvalue weighted by Crippen LogP contribution is 2.20. The molecular weight excluding hydrogens is 304 g/mol. The molecule has 19 heavy (non-hydrogen) atoms. The number of Topliss-reactive ketones (excluding diaryl/α,β-unsaturated/α-hetero) is 1. The van der Waals surface area contributed by atoms with E-state index in [4.69, 9.17) is 0 Å². The minimum Gasteiger partial charge on any atom is -0.289 e. The molecular formula is C15H13BrN2O. The van der Waals surface area contributed by atoms with Crippen LogP contribution in [-0.2, 0) is 4.79 Å². The Morgan fingerprint density at radius 1 is 1.05 bits per heavy atom. The third-order valence-corrected chi connectivity index (χ3v) is 3.22. The maximum absolute atomic E-state index is 11.6. The molecule has 0 saturated carbocycles. The lowest BCUT2D eigenvalue weighted by molar-refractivity contribution is -0.112. The van der Waals surface area contributed by atoms with Crippen molar-refractivity contribution in [1.82, 2.24) is 0 Å². The highest BCUT2D eigenvalue weighted by molar-refractivity contribution is 9.10. The summed E-state index contributed by atoms with van der Waals surface area (Å²) < 4.78 is 1.01. The molecule has 0 aromatic heterocycles. The highest BCUT2D eigenvalue weighted by atomic mass is 79.9. The maximum Gasteiger partial charge on any atom is 0.184 e. The first-order valence-corrected chi connectivity index (χ1v) is 6.63. The summed E-state index contributed by atoms with van der Waals surface area (Å²) in [4.78, 5) is 11.6. The zero-order valence-corrected chi connectivity index (χ0v) is 12.3. The van der Waals surface area contributed by atoms with Crippen LogP contribution in [0.5, 0.6) is 0 Å². The number of carbonyl (C=O) groups is 1. The van der Waals surface area contributed by atoms with Crippen LogP contribution in [0.3, 0.4) is 0 Å². The first kappa shape index (κ1) is 13.6. The number of carbonyl (C=O) groups excluding carboxylic acids is 1. The van der Waals surface area contributed by atoms with E-state index in [1.807, 2.05) is 36.4 Å². The zero-order valence-electron chi connectivity index (χ0n) is 10.7. The molecule has 96 valence electrons. The molecule has 0 atom stereocenters. The summed E-state index contributed by atoms with van der Waals surface area (Å²) in [6.45, 7) is 3.61. The van der Waals surface area contributed by atoms with Gasteiger partial charge in [-0.1, -0.05) is 15.9 Å². The predicted octanol–water partition coefficient (Wildman–Crippen LogP) is 4.89. The zero-order chi connectivity index (χ0) is 13.8. The fourth-order valence-corrected chi connectivity index (χ4v) is 1.99. The minimum atomic E-state index is 0.0852. The van der Waals surface area contributed by atoms with E-state index in [9.17, 15) is 4.79 Å². The van der Waals surface area contributed by atoms with Crippen molar-refractivity contribution in [1.29, 1.82) is 0 Å². The summed E-state index contributed by atoms with van der Waals surface area (Å²) >= 11 is 3.36. The monoisotopic (exact) mass is 316 g/mol.